The lowest BCUT2D eigenvalue weighted by Crippen LogP contribution is -2.29. The van der Waals surface area contributed by atoms with Crippen LogP contribution in [-0.2, 0) is 9.59 Å². The zero-order valence-electron chi connectivity index (χ0n) is 18.7. The highest BCUT2D eigenvalue weighted by Crippen LogP contribution is 2.44. The minimum atomic E-state index is -0.727. The molecule has 1 atom stereocenters. The molecule has 3 aromatic rings. The number of carbonyl (C=O) groups excluding carboxylic acids is 2. The SMILES string of the molecule is CCOc1ccc(N2C(=O)C(=O)/C(=C(\O)c3ccc(OCC)c(C)c3)C2c2cccs2)cc1. The third-order valence-electron chi connectivity index (χ3n) is 5.43. The molecule has 1 unspecified atom stereocenters. The first-order valence-corrected chi connectivity index (χ1v) is 11.6. The van der Waals surface area contributed by atoms with Crippen molar-refractivity contribution in [2.75, 3.05) is 18.1 Å². The molecule has 2 aromatic carbocycles. The highest BCUT2D eigenvalue weighted by molar-refractivity contribution is 7.10. The van der Waals surface area contributed by atoms with Crippen molar-refractivity contribution in [3.8, 4) is 11.5 Å². The van der Waals surface area contributed by atoms with E-state index in [1.165, 1.54) is 16.2 Å². The van der Waals surface area contributed by atoms with Crippen LogP contribution in [0.5, 0.6) is 11.5 Å². The van der Waals surface area contributed by atoms with Crippen LogP contribution < -0.4 is 14.4 Å². The van der Waals surface area contributed by atoms with E-state index in [2.05, 4.69) is 0 Å². The van der Waals surface area contributed by atoms with Crippen LogP contribution in [0.1, 0.15) is 35.9 Å². The molecule has 1 fully saturated rings. The number of benzene rings is 2. The smallest absolute Gasteiger partial charge is 0.300 e. The largest absolute Gasteiger partial charge is 0.507 e. The van der Waals surface area contributed by atoms with Crippen LogP contribution in [0.4, 0.5) is 5.69 Å². The number of aryl methyl sites for hydroxylation is 1. The maximum atomic E-state index is 13.2. The van der Waals surface area contributed by atoms with Crippen LogP contribution in [0.15, 0.2) is 65.6 Å². The van der Waals surface area contributed by atoms with Crippen molar-refractivity contribution in [1.82, 2.24) is 0 Å². The standard InChI is InChI=1S/C26H25NO5S/c1-4-31-19-11-9-18(10-12-19)27-23(21-7-6-14-33-21)22(25(29)26(27)30)24(28)17-8-13-20(32-5-2)16(3)15-17/h6-15,23,28H,4-5H2,1-3H3/b24-22-. The van der Waals surface area contributed by atoms with Gasteiger partial charge in [-0.3, -0.25) is 14.5 Å². The first-order valence-electron chi connectivity index (χ1n) is 10.8. The van der Waals surface area contributed by atoms with Crippen molar-refractivity contribution in [3.05, 3.63) is 81.6 Å². The van der Waals surface area contributed by atoms with E-state index in [1.54, 1.807) is 42.5 Å². The van der Waals surface area contributed by atoms with Crippen molar-refractivity contribution in [3.63, 3.8) is 0 Å². The number of amides is 1. The number of ketones is 1. The normalized spacial score (nSPS) is 17.4. The van der Waals surface area contributed by atoms with Gasteiger partial charge in [-0.25, -0.2) is 0 Å². The zero-order valence-corrected chi connectivity index (χ0v) is 19.5. The summed E-state index contributed by atoms with van der Waals surface area (Å²) in [5, 5.41) is 13.1. The van der Waals surface area contributed by atoms with Crippen molar-refractivity contribution in [2.45, 2.75) is 26.8 Å². The fraction of sp³-hybridized carbons (Fsp3) is 0.231. The third kappa shape index (κ3) is 4.24. The number of aliphatic hydroxyl groups is 1. The topological polar surface area (TPSA) is 76.1 Å². The summed E-state index contributed by atoms with van der Waals surface area (Å²) in [6, 6.07) is 15.2. The second-order valence-electron chi connectivity index (χ2n) is 7.52. The molecule has 2 heterocycles. The molecule has 1 aliphatic heterocycles. The van der Waals surface area contributed by atoms with Crippen molar-refractivity contribution >= 4 is 34.5 Å². The predicted molar refractivity (Wildman–Crippen MR) is 129 cm³/mol. The van der Waals surface area contributed by atoms with Gasteiger partial charge in [-0.05, 0) is 80.2 Å². The highest BCUT2D eigenvalue weighted by Gasteiger charge is 2.47. The van der Waals surface area contributed by atoms with Gasteiger partial charge in [0, 0.05) is 16.1 Å². The molecule has 0 aliphatic carbocycles. The van der Waals surface area contributed by atoms with Gasteiger partial charge in [-0.2, -0.15) is 0 Å². The van der Waals surface area contributed by atoms with Gasteiger partial charge >= 0.3 is 0 Å². The summed E-state index contributed by atoms with van der Waals surface area (Å²) < 4.78 is 11.1. The number of rotatable bonds is 7. The molecule has 1 aromatic heterocycles. The molecule has 170 valence electrons. The highest BCUT2D eigenvalue weighted by atomic mass is 32.1. The Kier molecular flexibility index (Phi) is 6.51. The summed E-state index contributed by atoms with van der Waals surface area (Å²) in [4.78, 5) is 28.6. The molecule has 1 N–H and O–H groups in total. The minimum absolute atomic E-state index is 0.0693. The average molecular weight is 464 g/mol. The third-order valence-corrected chi connectivity index (χ3v) is 6.36. The van der Waals surface area contributed by atoms with E-state index in [1.807, 2.05) is 38.3 Å². The van der Waals surface area contributed by atoms with E-state index in [4.69, 9.17) is 9.47 Å². The summed E-state index contributed by atoms with van der Waals surface area (Å²) in [5.74, 6) is -0.214. The van der Waals surface area contributed by atoms with Gasteiger partial charge < -0.3 is 14.6 Å². The molecule has 0 radical (unpaired) electrons. The molecule has 0 spiro atoms. The van der Waals surface area contributed by atoms with Gasteiger partial charge in [0.05, 0.1) is 18.8 Å². The Morgan fingerprint density at radius 2 is 1.76 bits per heavy atom. The lowest BCUT2D eigenvalue weighted by molar-refractivity contribution is -0.132. The van der Waals surface area contributed by atoms with Crippen LogP contribution in [0, 0.1) is 6.92 Å². The Morgan fingerprint density at radius 1 is 1.03 bits per heavy atom. The lowest BCUT2D eigenvalue weighted by Gasteiger charge is -2.24. The Hall–Kier alpha value is -3.58. The number of anilines is 1. The molecule has 7 heteroatoms. The number of hydrogen-bond donors (Lipinski definition) is 1. The number of Topliss-reactive ketones (excluding diaryl/α,β-unsaturated/α-hetero) is 1. The minimum Gasteiger partial charge on any atom is -0.507 e. The van der Waals surface area contributed by atoms with Gasteiger partial charge in [-0.15, -0.1) is 11.3 Å². The van der Waals surface area contributed by atoms with Crippen LogP contribution in [0.3, 0.4) is 0 Å². The Balaban J connectivity index is 1.83. The van der Waals surface area contributed by atoms with E-state index in [0.717, 1.165) is 10.4 Å². The lowest BCUT2D eigenvalue weighted by atomic mass is 9.98. The summed E-state index contributed by atoms with van der Waals surface area (Å²) in [5.41, 5.74) is 1.91. The quantitative estimate of drug-likeness (QED) is 0.285. The van der Waals surface area contributed by atoms with E-state index >= 15 is 0 Å². The fourth-order valence-electron chi connectivity index (χ4n) is 3.95. The van der Waals surface area contributed by atoms with Crippen LogP contribution in [0.2, 0.25) is 0 Å². The van der Waals surface area contributed by atoms with Crippen molar-refractivity contribution in [1.29, 1.82) is 0 Å². The first kappa shape index (κ1) is 22.6. The second-order valence-corrected chi connectivity index (χ2v) is 8.50. The summed E-state index contributed by atoms with van der Waals surface area (Å²) in [7, 11) is 0. The fourth-order valence-corrected chi connectivity index (χ4v) is 4.78. The summed E-state index contributed by atoms with van der Waals surface area (Å²) in [6.07, 6.45) is 0. The monoisotopic (exact) mass is 463 g/mol. The van der Waals surface area contributed by atoms with Gasteiger partial charge in [0.1, 0.15) is 23.3 Å². The van der Waals surface area contributed by atoms with Crippen molar-refractivity contribution in [2.24, 2.45) is 0 Å². The maximum absolute atomic E-state index is 13.2. The number of aliphatic hydroxyl groups excluding tert-OH is 1. The summed E-state index contributed by atoms with van der Waals surface area (Å²) in [6.45, 7) is 6.72. The second kappa shape index (κ2) is 9.50. The van der Waals surface area contributed by atoms with Crippen LogP contribution in [-0.4, -0.2) is 30.0 Å². The Bertz CT molecular complexity index is 1200. The molecular formula is C26H25NO5S. The number of hydrogen-bond acceptors (Lipinski definition) is 6. The summed E-state index contributed by atoms with van der Waals surface area (Å²) >= 11 is 1.43. The van der Waals surface area contributed by atoms with E-state index in [-0.39, 0.29) is 11.3 Å². The Morgan fingerprint density at radius 3 is 2.36 bits per heavy atom. The molecule has 1 aliphatic rings. The Labute approximate surface area is 196 Å². The van der Waals surface area contributed by atoms with E-state index in [0.29, 0.717) is 36.0 Å². The van der Waals surface area contributed by atoms with Crippen LogP contribution in [0.25, 0.3) is 5.76 Å². The number of carbonyl (C=O) groups is 2. The number of thiophene rings is 1. The molecule has 1 amide bonds. The number of ether oxygens (including phenoxy) is 2. The van der Waals surface area contributed by atoms with E-state index < -0.39 is 17.7 Å². The zero-order chi connectivity index (χ0) is 23.5. The van der Waals surface area contributed by atoms with Crippen LogP contribution >= 0.6 is 11.3 Å². The van der Waals surface area contributed by atoms with Gasteiger partial charge in [0.2, 0.25) is 0 Å². The van der Waals surface area contributed by atoms with Gasteiger partial charge in [0.25, 0.3) is 11.7 Å². The molecule has 33 heavy (non-hydrogen) atoms. The molecule has 1 saturated heterocycles. The van der Waals surface area contributed by atoms with Gasteiger partial charge in [-0.1, -0.05) is 6.07 Å². The molecule has 4 rings (SSSR count). The molecule has 6 nitrogen and oxygen atoms in total. The number of nitrogens with zero attached hydrogens (tertiary/aromatic N) is 1. The molecular weight excluding hydrogens is 438 g/mol. The predicted octanol–water partition coefficient (Wildman–Crippen LogP) is 5.48. The maximum Gasteiger partial charge on any atom is 0.300 e. The molecule has 0 saturated carbocycles. The molecule has 0 bridgehead atoms. The average Bonchev–Trinajstić information content (AvgIpc) is 3.43. The van der Waals surface area contributed by atoms with E-state index in [9.17, 15) is 14.7 Å². The van der Waals surface area contributed by atoms with Crippen molar-refractivity contribution < 1.29 is 24.2 Å². The first-order chi connectivity index (χ1) is 16.0. The van der Waals surface area contributed by atoms with Gasteiger partial charge in [0.15, 0.2) is 0 Å².